The smallest absolute Gasteiger partial charge is 0.418 e. The molecule has 0 aliphatic carbocycles. The lowest BCUT2D eigenvalue weighted by atomic mass is 9.81. The minimum atomic E-state index is -5.18. The highest BCUT2D eigenvalue weighted by Gasteiger charge is 2.48. The number of allylic oxidation sites excluding steroid dienone is 3. The van der Waals surface area contributed by atoms with Crippen LogP contribution in [0.2, 0.25) is 0 Å². The standard InChI is InChI=1S/C31H28F3N3O6/c1-30(2)23(36(3)22-11-9-18-7-4-5-8-19(18)27(22)30)12-10-20-26(31(32,33)34)21(17-35)29(42)37(28(20)41)15-6-16-43-25(40)14-13-24(38)39/h4-5,7-12H,6,13-16H2,1-3H3,(H,38,39)/b20-10-,23-12+. The van der Waals surface area contributed by atoms with Crippen LogP contribution in [0.4, 0.5) is 18.9 Å². The summed E-state index contributed by atoms with van der Waals surface area (Å²) in [6.07, 6.45) is -3.75. The highest BCUT2D eigenvalue weighted by atomic mass is 19.4. The highest BCUT2D eigenvalue weighted by molar-refractivity contribution is 6.18. The van der Waals surface area contributed by atoms with Gasteiger partial charge in [0.25, 0.3) is 11.8 Å². The fraction of sp³-hybridized carbons (Fsp3) is 0.323. The molecule has 0 saturated carbocycles. The van der Waals surface area contributed by atoms with E-state index in [1.54, 1.807) is 7.05 Å². The molecule has 2 heterocycles. The minimum Gasteiger partial charge on any atom is -0.481 e. The molecular formula is C31H28F3N3O6. The number of nitrogens with zero attached hydrogens (tertiary/aromatic N) is 3. The lowest BCUT2D eigenvalue weighted by molar-refractivity contribution is -0.148. The maximum Gasteiger partial charge on any atom is 0.418 e. The number of hydrogen-bond acceptors (Lipinski definition) is 7. The molecule has 0 saturated heterocycles. The molecule has 0 fully saturated rings. The van der Waals surface area contributed by atoms with Gasteiger partial charge >= 0.3 is 18.1 Å². The third-order valence-corrected chi connectivity index (χ3v) is 7.48. The number of hydrogen-bond donors (Lipinski definition) is 1. The fourth-order valence-corrected chi connectivity index (χ4v) is 5.52. The van der Waals surface area contributed by atoms with Crippen molar-refractivity contribution in [1.29, 1.82) is 5.26 Å². The summed E-state index contributed by atoms with van der Waals surface area (Å²) in [4.78, 5) is 50.8. The number of anilines is 1. The van der Waals surface area contributed by atoms with Gasteiger partial charge in [-0.05, 0) is 41.0 Å². The van der Waals surface area contributed by atoms with Crippen molar-refractivity contribution in [2.24, 2.45) is 0 Å². The number of amides is 2. The summed E-state index contributed by atoms with van der Waals surface area (Å²) in [7, 11) is 1.77. The largest absolute Gasteiger partial charge is 0.481 e. The van der Waals surface area contributed by atoms with Crippen LogP contribution in [0.15, 0.2) is 71.0 Å². The van der Waals surface area contributed by atoms with Crippen molar-refractivity contribution in [1.82, 2.24) is 4.90 Å². The van der Waals surface area contributed by atoms with Gasteiger partial charge in [-0.3, -0.25) is 24.1 Å². The summed E-state index contributed by atoms with van der Waals surface area (Å²) in [5, 5.41) is 20.2. The molecule has 0 unspecified atom stereocenters. The number of carbonyl (C=O) groups is 4. The second-order valence-corrected chi connectivity index (χ2v) is 10.6. The van der Waals surface area contributed by atoms with Gasteiger partial charge in [0.1, 0.15) is 11.6 Å². The van der Waals surface area contributed by atoms with Gasteiger partial charge in [-0.2, -0.15) is 18.4 Å². The van der Waals surface area contributed by atoms with Crippen LogP contribution in [0.1, 0.15) is 38.7 Å². The van der Waals surface area contributed by atoms with Crippen molar-refractivity contribution in [3.63, 3.8) is 0 Å². The fourth-order valence-electron chi connectivity index (χ4n) is 5.52. The van der Waals surface area contributed by atoms with Crippen molar-refractivity contribution >= 4 is 40.2 Å². The Balaban J connectivity index is 1.70. The molecule has 2 aromatic carbocycles. The molecule has 4 rings (SSSR count). The third kappa shape index (κ3) is 5.88. The number of carboxylic acids is 1. The van der Waals surface area contributed by atoms with Crippen LogP contribution in [0.3, 0.4) is 0 Å². The van der Waals surface area contributed by atoms with Crippen molar-refractivity contribution in [3.8, 4) is 6.07 Å². The van der Waals surface area contributed by atoms with Gasteiger partial charge in [0.15, 0.2) is 0 Å². The van der Waals surface area contributed by atoms with Crippen LogP contribution in [0.25, 0.3) is 10.8 Å². The van der Waals surface area contributed by atoms with Gasteiger partial charge < -0.3 is 14.7 Å². The first-order chi connectivity index (χ1) is 20.2. The molecular weight excluding hydrogens is 567 g/mol. The molecule has 1 N–H and O–H groups in total. The lowest BCUT2D eigenvalue weighted by Crippen LogP contribution is -2.45. The summed E-state index contributed by atoms with van der Waals surface area (Å²) >= 11 is 0. The Labute approximate surface area is 245 Å². The highest BCUT2D eigenvalue weighted by Crippen LogP contribution is 2.50. The first-order valence-corrected chi connectivity index (χ1v) is 13.3. The Morgan fingerprint density at radius 3 is 2.42 bits per heavy atom. The normalized spacial score (nSPS) is 18.4. The summed E-state index contributed by atoms with van der Waals surface area (Å²) in [6, 6.07) is 12.9. The van der Waals surface area contributed by atoms with Crippen molar-refractivity contribution < 1.29 is 42.2 Å². The van der Waals surface area contributed by atoms with E-state index >= 15 is 0 Å². The molecule has 2 aromatic rings. The molecule has 2 aliphatic heterocycles. The Hall–Kier alpha value is -4.92. The molecule has 0 spiro atoms. The van der Waals surface area contributed by atoms with E-state index in [-0.39, 0.29) is 19.4 Å². The maximum atomic E-state index is 14.2. The number of benzene rings is 2. The van der Waals surface area contributed by atoms with Gasteiger partial charge in [-0.1, -0.05) is 44.2 Å². The first kappa shape index (κ1) is 31.0. The number of fused-ring (bicyclic) bond motifs is 3. The van der Waals surface area contributed by atoms with E-state index < -0.39 is 65.0 Å². The second kappa shape index (κ2) is 11.8. The predicted molar refractivity (Wildman–Crippen MR) is 149 cm³/mol. The summed E-state index contributed by atoms with van der Waals surface area (Å²) in [6.45, 7) is 3.09. The SMILES string of the molecule is CN1/C(=C/C=C2\C(=O)N(CCCOC(=O)CCC(=O)O)C(=O)C(C#N)=C2C(F)(F)F)C(C)(C)c2c1ccc1ccccc21. The van der Waals surface area contributed by atoms with E-state index in [1.807, 2.05) is 55.1 Å². The molecule has 0 atom stereocenters. The third-order valence-electron chi connectivity index (χ3n) is 7.48. The second-order valence-electron chi connectivity index (χ2n) is 10.6. The van der Waals surface area contributed by atoms with Crippen LogP contribution >= 0.6 is 0 Å². The van der Waals surface area contributed by atoms with E-state index in [4.69, 9.17) is 9.84 Å². The average Bonchev–Trinajstić information content (AvgIpc) is 3.14. The van der Waals surface area contributed by atoms with Gasteiger partial charge in [0.05, 0.1) is 30.6 Å². The monoisotopic (exact) mass is 595 g/mol. The van der Waals surface area contributed by atoms with Crippen LogP contribution in [0, 0.1) is 11.3 Å². The molecule has 0 aromatic heterocycles. The zero-order valence-corrected chi connectivity index (χ0v) is 23.6. The number of alkyl halides is 3. The number of esters is 1. The number of aliphatic carboxylic acids is 1. The number of rotatable bonds is 8. The molecule has 2 aliphatic rings. The van der Waals surface area contributed by atoms with Crippen molar-refractivity contribution in [2.45, 2.75) is 44.7 Å². The zero-order chi connectivity index (χ0) is 31.7. The van der Waals surface area contributed by atoms with Crippen LogP contribution < -0.4 is 4.90 Å². The van der Waals surface area contributed by atoms with Crippen LogP contribution in [-0.4, -0.2) is 60.1 Å². The molecule has 43 heavy (non-hydrogen) atoms. The molecule has 12 heteroatoms. The van der Waals surface area contributed by atoms with Gasteiger partial charge in [-0.25, -0.2) is 0 Å². The van der Waals surface area contributed by atoms with E-state index in [1.165, 1.54) is 12.1 Å². The maximum absolute atomic E-state index is 14.2. The Kier molecular flexibility index (Phi) is 8.48. The molecule has 0 radical (unpaired) electrons. The van der Waals surface area contributed by atoms with E-state index in [0.29, 0.717) is 10.6 Å². The van der Waals surface area contributed by atoms with E-state index in [9.17, 15) is 37.6 Å². The summed E-state index contributed by atoms with van der Waals surface area (Å²) in [5.74, 6) is -4.66. The quantitative estimate of drug-likeness (QED) is 0.197. The molecule has 0 bridgehead atoms. The number of nitriles is 1. The number of carboxylic acid groups (broad SMARTS) is 1. The first-order valence-electron chi connectivity index (χ1n) is 13.3. The molecule has 9 nitrogen and oxygen atoms in total. The van der Waals surface area contributed by atoms with Crippen molar-refractivity contribution in [3.05, 3.63) is 76.5 Å². The van der Waals surface area contributed by atoms with Crippen molar-refractivity contribution in [2.75, 3.05) is 25.1 Å². The Morgan fingerprint density at radius 1 is 1.07 bits per heavy atom. The number of imide groups is 1. The summed E-state index contributed by atoms with van der Waals surface area (Å²) < 4.78 is 47.6. The lowest BCUT2D eigenvalue weighted by Gasteiger charge is -2.29. The number of ether oxygens (including phenoxy) is 1. The number of halogens is 3. The predicted octanol–water partition coefficient (Wildman–Crippen LogP) is 4.93. The summed E-state index contributed by atoms with van der Waals surface area (Å²) in [5.41, 5.74) is -1.97. The Morgan fingerprint density at radius 2 is 1.77 bits per heavy atom. The molecule has 224 valence electrons. The van der Waals surface area contributed by atoms with Gasteiger partial charge in [0, 0.05) is 30.4 Å². The zero-order valence-electron chi connectivity index (χ0n) is 23.6. The van der Waals surface area contributed by atoms with Crippen LogP contribution in [0.5, 0.6) is 0 Å². The van der Waals surface area contributed by atoms with E-state index in [0.717, 1.165) is 28.1 Å². The van der Waals surface area contributed by atoms with Crippen LogP contribution in [-0.2, 0) is 29.3 Å². The van der Waals surface area contributed by atoms with Gasteiger partial charge in [0.2, 0.25) is 0 Å². The number of likely N-dealkylation sites (N-methyl/N-ethyl adjacent to an activating group) is 1. The average molecular weight is 596 g/mol. The Bertz CT molecular complexity index is 1660. The van der Waals surface area contributed by atoms with Gasteiger partial charge in [-0.15, -0.1) is 0 Å². The minimum absolute atomic E-state index is 0.136. The number of carbonyl (C=O) groups excluding carboxylic acids is 3. The molecule has 2 amide bonds. The van der Waals surface area contributed by atoms with E-state index in [2.05, 4.69) is 0 Å². The topological polar surface area (TPSA) is 128 Å².